The Morgan fingerprint density at radius 1 is 1.41 bits per heavy atom. The molecule has 0 aliphatic carbocycles. The first-order chi connectivity index (χ1) is 7.81. The molecule has 0 bridgehead atoms. The van der Waals surface area contributed by atoms with E-state index in [1.54, 1.807) is 0 Å². The van der Waals surface area contributed by atoms with Crippen molar-refractivity contribution in [3.8, 4) is 0 Å². The lowest BCUT2D eigenvalue weighted by atomic mass is 9.71. The molecule has 1 aliphatic heterocycles. The topological polar surface area (TPSA) is 75.7 Å². The fraction of sp³-hybridized carbons (Fsp3) is 0.833. The third-order valence-corrected chi connectivity index (χ3v) is 3.31. The first-order valence-corrected chi connectivity index (χ1v) is 5.74. The van der Waals surface area contributed by atoms with Gasteiger partial charge in [-0.15, -0.1) is 0 Å². The Balaban J connectivity index is 2.75. The number of aliphatic carboxylic acids is 1. The molecule has 0 aromatic heterocycles. The summed E-state index contributed by atoms with van der Waals surface area (Å²) in [4.78, 5) is 22.5. The van der Waals surface area contributed by atoms with E-state index in [-0.39, 0.29) is 12.8 Å². The first-order valence-electron chi connectivity index (χ1n) is 5.74. The van der Waals surface area contributed by atoms with Gasteiger partial charge in [0.05, 0.1) is 12.7 Å². The van der Waals surface area contributed by atoms with Crippen LogP contribution in [0.25, 0.3) is 0 Å². The van der Waals surface area contributed by atoms with Gasteiger partial charge in [-0.05, 0) is 33.1 Å². The number of hydrogen-bond acceptors (Lipinski definition) is 5. The fourth-order valence-electron chi connectivity index (χ4n) is 2.41. The number of rotatable bonds is 4. The molecule has 17 heavy (non-hydrogen) atoms. The highest BCUT2D eigenvalue weighted by atomic mass is 16.5. The molecule has 5 heteroatoms. The first kappa shape index (κ1) is 14.0. The molecule has 0 aromatic rings. The average Bonchev–Trinajstić information content (AvgIpc) is 2.24. The Morgan fingerprint density at radius 2 is 2.06 bits per heavy atom. The molecule has 0 amide bonds. The molecule has 1 heterocycles. The minimum atomic E-state index is -1.10. The van der Waals surface area contributed by atoms with Crippen molar-refractivity contribution in [2.24, 2.45) is 5.41 Å². The van der Waals surface area contributed by atoms with E-state index in [1.807, 2.05) is 13.8 Å². The molecule has 0 aromatic carbocycles. The van der Waals surface area contributed by atoms with Crippen LogP contribution in [-0.4, -0.2) is 31.3 Å². The van der Waals surface area contributed by atoms with Gasteiger partial charge in [0.2, 0.25) is 0 Å². The molecule has 98 valence electrons. The molecular weight excluding hydrogens is 224 g/mol. The van der Waals surface area contributed by atoms with Gasteiger partial charge in [0.25, 0.3) is 0 Å². The Hall–Kier alpha value is -1.10. The molecule has 1 atom stereocenters. The number of carbonyl (C=O) groups excluding carboxylic acids is 2. The van der Waals surface area contributed by atoms with Crippen LogP contribution < -0.4 is 5.11 Å². The van der Waals surface area contributed by atoms with Crippen molar-refractivity contribution in [3.05, 3.63) is 0 Å². The van der Waals surface area contributed by atoms with E-state index in [0.29, 0.717) is 19.4 Å². The molecule has 0 saturated carbocycles. The zero-order chi connectivity index (χ0) is 13.1. The van der Waals surface area contributed by atoms with Gasteiger partial charge >= 0.3 is 5.97 Å². The highest BCUT2D eigenvalue weighted by molar-refractivity contribution is 5.75. The average molecular weight is 243 g/mol. The number of carbonyl (C=O) groups is 2. The molecule has 5 nitrogen and oxygen atoms in total. The minimum absolute atomic E-state index is 0.0978. The van der Waals surface area contributed by atoms with Gasteiger partial charge in [-0.1, -0.05) is 0 Å². The molecule has 1 saturated heterocycles. The van der Waals surface area contributed by atoms with Crippen molar-refractivity contribution < 1.29 is 24.2 Å². The highest BCUT2D eigenvalue weighted by Gasteiger charge is 2.42. The van der Waals surface area contributed by atoms with Crippen molar-refractivity contribution in [2.75, 3.05) is 13.7 Å². The molecule has 0 spiro atoms. The largest absolute Gasteiger partial charge is 0.550 e. The second-order valence-corrected chi connectivity index (χ2v) is 5.18. The van der Waals surface area contributed by atoms with Gasteiger partial charge in [-0.25, -0.2) is 0 Å². The van der Waals surface area contributed by atoms with Crippen molar-refractivity contribution in [1.29, 1.82) is 0 Å². The lowest BCUT2D eigenvalue weighted by Gasteiger charge is -2.45. The predicted molar refractivity (Wildman–Crippen MR) is 58.0 cm³/mol. The number of ether oxygens (including phenoxy) is 2. The Bertz CT molecular complexity index is 310. The van der Waals surface area contributed by atoms with Gasteiger partial charge in [0.1, 0.15) is 0 Å². The molecule has 0 radical (unpaired) electrons. The van der Waals surface area contributed by atoms with Crippen LogP contribution in [0, 0.1) is 5.41 Å². The maximum Gasteiger partial charge on any atom is 0.305 e. The van der Waals surface area contributed by atoms with E-state index in [2.05, 4.69) is 4.74 Å². The summed E-state index contributed by atoms with van der Waals surface area (Å²) in [7, 11) is 1.29. The summed E-state index contributed by atoms with van der Waals surface area (Å²) in [6, 6.07) is 0. The SMILES string of the molecule is COC(=O)CC[C@@]1(C(=O)[O-])CCOC(C)(C)C1. The van der Waals surface area contributed by atoms with E-state index in [4.69, 9.17) is 4.74 Å². The molecule has 1 aliphatic rings. The van der Waals surface area contributed by atoms with Crippen LogP contribution >= 0.6 is 0 Å². The van der Waals surface area contributed by atoms with Crippen LogP contribution in [-0.2, 0) is 19.1 Å². The zero-order valence-corrected chi connectivity index (χ0v) is 10.6. The summed E-state index contributed by atoms with van der Waals surface area (Å²) >= 11 is 0. The van der Waals surface area contributed by atoms with E-state index < -0.39 is 23.0 Å². The second-order valence-electron chi connectivity index (χ2n) is 5.18. The predicted octanol–water partition coefficient (Wildman–Crippen LogP) is 0.265. The van der Waals surface area contributed by atoms with E-state index >= 15 is 0 Å². The molecule has 0 N–H and O–H groups in total. The molecule has 0 unspecified atom stereocenters. The summed E-state index contributed by atoms with van der Waals surface area (Å²) in [5, 5.41) is 11.3. The van der Waals surface area contributed by atoms with Crippen LogP contribution in [0.4, 0.5) is 0 Å². The zero-order valence-electron chi connectivity index (χ0n) is 10.6. The Kier molecular flexibility index (Phi) is 4.14. The lowest BCUT2D eigenvalue weighted by molar-refractivity contribution is -0.325. The lowest BCUT2D eigenvalue weighted by Crippen LogP contribution is -2.51. The van der Waals surface area contributed by atoms with Gasteiger partial charge in [-0.2, -0.15) is 0 Å². The summed E-state index contributed by atoms with van der Waals surface area (Å²) in [6.45, 7) is 4.08. The standard InChI is InChI=1S/C12H20O5/c1-11(2)8-12(10(14)15,6-7-17-11)5-4-9(13)16-3/h4-8H2,1-3H3,(H,14,15)/p-1/t12-/m1/s1. The van der Waals surface area contributed by atoms with Crippen molar-refractivity contribution in [2.45, 2.75) is 45.1 Å². The second kappa shape index (κ2) is 5.04. The van der Waals surface area contributed by atoms with Crippen molar-refractivity contribution in [3.63, 3.8) is 0 Å². The van der Waals surface area contributed by atoms with Crippen LogP contribution in [0.15, 0.2) is 0 Å². The van der Waals surface area contributed by atoms with Gasteiger partial charge in [0.15, 0.2) is 0 Å². The number of carboxylic acids is 1. The van der Waals surface area contributed by atoms with E-state index in [9.17, 15) is 14.7 Å². The molecule has 1 fully saturated rings. The maximum absolute atomic E-state index is 11.3. The highest BCUT2D eigenvalue weighted by Crippen LogP contribution is 2.41. The van der Waals surface area contributed by atoms with Crippen LogP contribution in [0.1, 0.15) is 39.5 Å². The quantitative estimate of drug-likeness (QED) is 0.662. The Labute approximate surface area is 101 Å². The summed E-state index contributed by atoms with van der Waals surface area (Å²) < 4.78 is 10.0. The van der Waals surface area contributed by atoms with E-state index in [1.165, 1.54) is 7.11 Å². The van der Waals surface area contributed by atoms with Gasteiger partial charge < -0.3 is 19.4 Å². The van der Waals surface area contributed by atoms with Gasteiger partial charge in [-0.3, -0.25) is 4.79 Å². The third kappa shape index (κ3) is 3.43. The minimum Gasteiger partial charge on any atom is -0.550 e. The summed E-state index contributed by atoms with van der Waals surface area (Å²) in [5.74, 6) is -1.49. The summed E-state index contributed by atoms with van der Waals surface area (Å²) in [5.41, 5.74) is -1.47. The number of carboxylic acid groups (broad SMARTS) is 1. The van der Waals surface area contributed by atoms with Gasteiger partial charge in [0, 0.05) is 24.4 Å². The van der Waals surface area contributed by atoms with Crippen molar-refractivity contribution >= 4 is 11.9 Å². The maximum atomic E-state index is 11.3. The third-order valence-electron chi connectivity index (χ3n) is 3.31. The normalized spacial score (nSPS) is 27.5. The monoisotopic (exact) mass is 243 g/mol. The van der Waals surface area contributed by atoms with Crippen LogP contribution in [0.5, 0.6) is 0 Å². The molecule has 1 rings (SSSR count). The fourth-order valence-corrected chi connectivity index (χ4v) is 2.41. The number of esters is 1. The number of hydrogen-bond donors (Lipinski definition) is 0. The summed E-state index contributed by atoms with van der Waals surface area (Å²) in [6.07, 6.45) is 1.09. The number of methoxy groups -OCH3 is 1. The van der Waals surface area contributed by atoms with E-state index in [0.717, 1.165) is 0 Å². The smallest absolute Gasteiger partial charge is 0.305 e. The van der Waals surface area contributed by atoms with Crippen LogP contribution in [0.2, 0.25) is 0 Å². The van der Waals surface area contributed by atoms with Crippen molar-refractivity contribution in [1.82, 2.24) is 0 Å². The molecular formula is C12H19O5-. The Morgan fingerprint density at radius 3 is 2.53 bits per heavy atom. The van der Waals surface area contributed by atoms with Crippen LogP contribution in [0.3, 0.4) is 0 Å².